The molecule has 0 aliphatic carbocycles. The number of fused-ring (bicyclic) bond motifs is 1. The van der Waals surface area contributed by atoms with Crippen LogP contribution in [0.4, 0.5) is 0 Å². The van der Waals surface area contributed by atoms with Gasteiger partial charge in [0, 0.05) is 25.9 Å². The number of benzene rings is 3. The third-order valence-electron chi connectivity index (χ3n) is 7.08. The number of carbonyl (C=O) groups is 2. The van der Waals surface area contributed by atoms with E-state index in [-0.39, 0.29) is 24.1 Å². The number of nitrogens with zero attached hydrogens (tertiary/aromatic N) is 1. The van der Waals surface area contributed by atoms with Crippen LogP contribution in [-0.4, -0.2) is 51.7 Å². The summed E-state index contributed by atoms with van der Waals surface area (Å²) >= 11 is 0. The van der Waals surface area contributed by atoms with Crippen LogP contribution < -0.4 is 11.1 Å². The molecule has 3 aromatic carbocycles. The smallest absolute Gasteiger partial charge is 0.243 e. The average molecular weight is 502 g/mol. The number of carbonyl (C=O) groups excluding carboxylic acids is 2. The van der Waals surface area contributed by atoms with Crippen LogP contribution in [0.25, 0.3) is 0 Å². The van der Waals surface area contributed by atoms with Gasteiger partial charge in [0.25, 0.3) is 0 Å². The molecule has 37 heavy (non-hydrogen) atoms. The van der Waals surface area contributed by atoms with Crippen LogP contribution in [-0.2, 0) is 35.4 Å². The van der Waals surface area contributed by atoms with E-state index in [0.29, 0.717) is 25.8 Å². The van der Waals surface area contributed by atoms with Crippen LogP contribution in [0.5, 0.6) is 5.75 Å². The number of nitrogens with two attached hydrogens (primary N) is 1. The SMILES string of the molecule is Cc1cc(O)cc(C)c1CC(N)C(=O)N1Cc2ccccc2C[C@H]1C(=O)NC[C@H](O)Cc1ccccc1. The Morgan fingerprint density at radius 2 is 1.62 bits per heavy atom. The Bertz CT molecular complexity index is 1240. The number of aliphatic hydroxyl groups is 1. The number of aliphatic hydroxyl groups excluding tert-OH is 1. The second kappa shape index (κ2) is 11.6. The van der Waals surface area contributed by atoms with E-state index in [1.807, 2.05) is 68.4 Å². The van der Waals surface area contributed by atoms with Crippen LogP contribution in [0.2, 0.25) is 0 Å². The molecule has 194 valence electrons. The zero-order valence-electron chi connectivity index (χ0n) is 21.4. The first-order valence-electron chi connectivity index (χ1n) is 12.6. The highest BCUT2D eigenvalue weighted by atomic mass is 16.3. The topological polar surface area (TPSA) is 116 Å². The summed E-state index contributed by atoms with van der Waals surface area (Å²) < 4.78 is 0. The fraction of sp³-hybridized carbons (Fsp3) is 0.333. The number of aryl methyl sites for hydroxylation is 2. The van der Waals surface area contributed by atoms with Crippen molar-refractivity contribution in [1.82, 2.24) is 10.2 Å². The Morgan fingerprint density at radius 1 is 1.00 bits per heavy atom. The number of amides is 2. The van der Waals surface area contributed by atoms with Gasteiger partial charge in [-0.3, -0.25) is 9.59 Å². The van der Waals surface area contributed by atoms with Crippen LogP contribution in [0.15, 0.2) is 66.7 Å². The van der Waals surface area contributed by atoms with Gasteiger partial charge in [-0.25, -0.2) is 0 Å². The molecule has 1 heterocycles. The van der Waals surface area contributed by atoms with Crippen molar-refractivity contribution in [2.45, 2.75) is 57.8 Å². The fourth-order valence-electron chi connectivity index (χ4n) is 5.10. The first-order chi connectivity index (χ1) is 17.7. The maximum Gasteiger partial charge on any atom is 0.243 e. The van der Waals surface area contributed by atoms with Crippen molar-refractivity contribution in [3.05, 3.63) is 100 Å². The molecule has 0 spiro atoms. The van der Waals surface area contributed by atoms with E-state index in [0.717, 1.165) is 33.4 Å². The summed E-state index contributed by atoms with van der Waals surface area (Å²) in [5, 5.41) is 23.2. The molecule has 1 aliphatic rings. The van der Waals surface area contributed by atoms with Gasteiger partial charge in [0.15, 0.2) is 0 Å². The lowest BCUT2D eigenvalue weighted by molar-refractivity contribution is -0.143. The van der Waals surface area contributed by atoms with E-state index < -0.39 is 18.2 Å². The van der Waals surface area contributed by atoms with E-state index in [2.05, 4.69) is 5.32 Å². The molecule has 4 rings (SSSR count). The lowest BCUT2D eigenvalue weighted by Crippen LogP contribution is -2.57. The van der Waals surface area contributed by atoms with Gasteiger partial charge < -0.3 is 26.2 Å². The number of aromatic hydroxyl groups is 1. The summed E-state index contributed by atoms with van der Waals surface area (Å²) in [5.41, 5.74) is 12.1. The number of rotatable bonds is 8. The van der Waals surface area contributed by atoms with Crippen molar-refractivity contribution in [2.75, 3.05) is 6.54 Å². The monoisotopic (exact) mass is 501 g/mol. The van der Waals surface area contributed by atoms with Crippen molar-refractivity contribution in [1.29, 1.82) is 0 Å². The molecule has 0 aromatic heterocycles. The number of phenols is 1. The molecule has 3 atom stereocenters. The van der Waals surface area contributed by atoms with E-state index in [1.54, 1.807) is 17.0 Å². The molecule has 0 saturated carbocycles. The summed E-state index contributed by atoms with van der Waals surface area (Å²) in [4.78, 5) is 28.5. The molecule has 5 N–H and O–H groups in total. The maximum absolute atomic E-state index is 13.6. The highest BCUT2D eigenvalue weighted by molar-refractivity contribution is 5.90. The Balaban J connectivity index is 1.48. The molecule has 7 heteroatoms. The standard InChI is InChI=1S/C30H35N3O4/c1-19-12-24(34)13-20(2)26(19)16-27(31)30(37)33-18-23-11-7-6-10-22(23)15-28(33)29(36)32-17-25(35)14-21-8-4-3-5-9-21/h3-13,25,27-28,34-35H,14-18,31H2,1-2H3,(H,32,36)/t25-,27?,28+/m1/s1. The quantitative estimate of drug-likeness (QED) is 0.379. The van der Waals surface area contributed by atoms with Crippen molar-refractivity contribution in [2.24, 2.45) is 5.73 Å². The second-order valence-electron chi connectivity index (χ2n) is 9.91. The number of hydrogen-bond donors (Lipinski definition) is 4. The normalized spacial score (nSPS) is 16.5. The zero-order chi connectivity index (χ0) is 26.5. The van der Waals surface area contributed by atoms with Gasteiger partial charge in [-0.2, -0.15) is 0 Å². The molecule has 3 aromatic rings. The minimum absolute atomic E-state index is 0.0891. The third kappa shape index (κ3) is 6.37. The van der Waals surface area contributed by atoms with Gasteiger partial charge >= 0.3 is 0 Å². The summed E-state index contributed by atoms with van der Waals surface area (Å²) in [5.74, 6) is -0.428. The summed E-state index contributed by atoms with van der Waals surface area (Å²) in [6.45, 7) is 4.15. The minimum atomic E-state index is -0.842. The Kier molecular flexibility index (Phi) is 8.26. The van der Waals surface area contributed by atoms with Gasteiger partial charge in [-0.05, 0) is 65.8 Å². The Hall–Kier alpha value is -3.68. The first-order valence-corrected chi connectivity index (χ1v) is 12.6. The second-order valence-corrected chi connectivity index (χ2v) is 9.91. The van der Waals surface area contributed by atoms with Gasteiger partial charge in [0.1, 0.15) is 11.8 Å². The Labute approximate surface area is 217 Å². The molecule has 7 nitrogen and oxygen atoms in total. The summed E-state index contributed by atoms with van der Waals surface area (Å²) in [7, 11) is 0. The van der Waals surface area contributed by atoms with Crippen LogP contribution >= 0.6 is 0 Å². The number of hydrogen-bond acceptors (Lipinski definition) is 5. The van der Waals surface area contributed by atoms with Gasteiger partial charge in [0.2, 0.25) is 11.8 Å². The minimum Gasteiger partial charge on any atom is -0.508 e. The van der Waals surface area contributed by atoms with Gasteiger partial charge in [-0.15, -0.1) is 0 Å². The largest absolute Gasteiger partial charge is 0.508 e. The fourth-order valence-corrected chi connectivity index (χ4v) is 5.10. The first kappa shape index (κ1) is 26.4. The lowest BCUT2D eigenvalue weighted by Gasteiger charge is -2.37. The van der Waals surface area contributed by atoms with Crippen LogP contribution in [0, 0.1) is 13.8 Å². The van der Waals surface area contributed by atoms with E-state index in [9.17, 15) is 19.8 Å². The summed E-state index contributed by atoms with van der Waals surface area (Å²) in [6.07, 6.45) is 0.369. The zero-order valence-corrected chi connectivity index (χ0v) is 21.4. The van der Waals surface area contributed by atoms with Crippen molar-refractivity contribution >= 4 is 11.8 Å². The predicted molar refractivity (Wildman–Crippen MR) is 143 cm³/mol. The molecule has 0 fully saturated rings. The molecule has 1 unspecified atom stereocenters. The van der Waals surface area contributed by atoms with Crippen LogP contribution in [0.1, 0.15) is 33.4 Å². The van der Waals surface area contributed by atoms with Gasteiger partial charge in [-0.1, -0.05) is 54.6 Å². The predicted octanol–water partition coefficient (Wildman–Crippen LogP) is 2.55. The Morgan fingerprint density at radius 3 is 2.30 bits per heavy atom. The average Bonchev–Trinajstić information content (AvgIpc) is 2.88. The van der Waals surface area contributed by atoms with E-state index in [1.165, 1.54) is 0 Å². The molecular formula is C30H35N3O4. The number of phenolic OH excluding ortho intramolecular Hbond substituents is 1. The highest BCUT2D eigenvalue weighted by Crippen LogP contribution is 2.26. The van der Waals surface area contributed by atoms with Gasteiger partial charge in [0.05, 0.1) is 12.1 Å². The van der Waals surface area contributed by atoms with Crippen molar-refractivity contribution in [3.8, 4) is 5.75 Å². The highest BCUT2D eigenvalue weighted by Gasteiger charge is 2.36. The third-order valence-corrected chi connectivity index (χ3v) is 7.08. The maximum atomic E-state index is 13.6. The van der Waals surface area contributed by atoms with E-state index in [4.69, 9.17) is 5.73 Å². The van der Waals surface area contributed by atoms with Crippen LogP contribution in [0.3, 0.4) is 0 Å². The molecule has 0 saturated heterocycles. The number of nitrogens with one attached hydrogen (secondary N) is 1. The molecule has 2 amide bonds. The lowest BCUT2D eigenvalue weighted by atomic mass is 9.91. The van der Waals surface area contributed by atoms with Crippen molar-refractivity contribution in [3.63, 3.8) is 0 Å². The van der Waals surface area contributed by atoms with E-state index >= 15 is 0 Å². The molecule has 0 radical (unpaired) electrons. The summed E-state index contributed by atoms with van der Waals surface area (Å²) in [6, 6.07) is 19.2. The molecular weight excluding hydrogens is 466 g/mol. The van der Waals surface area contributed by atoms with Crippen molar-refractivity contribution < 1.29 is 19.8 Å². The molecule has 1 aliphatic heterocycles. The molecule has 0 bridgehead atoms.